The smallest absolute Gasteiger partial charge is 0.360 e. The molecule has 0 aliphatic heterocycles. The van der Waals surface area contributed by atoms with Crippen molar-refractivity contribution in [2.45, 2.75) is 13.8 Å². The number of rotatable bonds is 5. The van der Waals surface area contributed by atoms with Crippen molar-refractivity contribution >= 4 is 33.3 Å². The Kier molecular flexibility index (Phi) is 4.93. The topological polar surface area (TPSA) is 130 Å². The number of hydrogen-bond donors (Lipinski definition) is 0. The molecule has 24 heavy (non-hydrogen) atoms. The number of ether oxygens (including phenoxy) is 1. The lowest BCUT2D eigenvalue weighted by Crippen LogP contribution is -2.08. The lowest BCUT2D eigenvalue weighted by Gasteiger charge is -2.05. The number of benzene rings is 1. The van der Waals surface area contributed by atoms with Crippen molar-refractivity contribution in [3.63, 3.8) is 0 Å². The minimum absolute atomic E-state index is 0.000603. The van der Waals surface area contributed by atoms with Gasteiger partial charge in [0, 0.05) is 6.07 Å². The summed E-state index contributed by atoms with van der Waals surface area (Å²) in [6.45, 7) is 3.37. The Hall–Kier alpha value is -2.82. The molecule has 0 N–H and O–H groups in total. The first kappa shape index (κ1) is 17.5. The summed E-state index contributed by atoms with van der Waals surface area (Å²) in [7, 11) is 0. The van der Waals surface area contributed by atoms with Crippen LogP contribution in [0.15, 0.2) is 22.7 Å². The molecule has 1 aromatic heterocycles. The fourth-order valence-electron chi connectivity index (χ4n) is 2.00. The van der Waals surface area contributed by atoms with Crippen molar-refractivity contribution < 1.29 is 19.4 Å². The van der Waals surface area contributed by atoms with E-state index in [2.05, 4.69) is 21.0 Å². The van der Waals surface area contributed by atoms with Crippen LogP contribution in [0.1, 0.15) is 23.1 Å². The van der Waals surface area contributed by atoms with Crippen LogP contribution in [0.2, 0.25) is 0 Å². The molecule has 10 nitrogen and oxygen atoms in total. The molecule has 0 fully saturated rings. The normalized spacial score (nSPS) is 10.5. The second-order valence-corrected chi connectivity index (χ2v) is 5.36. The van der Waals surface area contributed by atoms with Crippen molar-refractivity contribution in [1.82, 2.24) is 9.78 Å². The molecule has 0 saturated heterocycles. The Labute approximate surface area is 143 Å². The highest BCUT2D eigenvalue weighted by Crippen LogP contribution is 2.31. The molecular weight excluding hydrogens is 388 g/mol. The summed E-state index contributed by atoms with van der Waals surface area (Å²) in [5.41, 5.74) is -0.547. The highest BCUT2D eigenvalue weighted by molar-refractivity contribution is 9.10. The maximum absolute atomic E-state index is 11.9. The third-order valence-corrected chi connectivity index (χ3v) is 4.06. The van der Waals surface area contributed by atoms with Crippen molar-refractivity contribution in [1.29, 1.82) is 0 Å². The van der Waals surface area contributed by atoms with Crippen molar-refractivity contribution in [2.24, 2.45) is 0 Å². The van der Waals surface area contributed by atoms with Gasteiger partial charge in [0.15, 0.2) is 5.69 Å². The van der Waals surface area contributed by atoms with Crippen LogP contribution in [0.25, 0.3) is 5.69 Å². The molecule has 2 aromatic rings. The van der Waals surface area contributed by atoms with Crippen molar-refractivity contribution in [2.75, 3.05) is 6.61 Å². The van der Waals surface area contributed by atoms with Gasteiger partial charge in [-0.1, -0.05) is 0 Å². The van der Waals surface area contributed by atoms with E-state index >= 15 is 0 Å². The quantitative estimate of drug-likeness (QED) is 0.429. The van der Waals surface area contributed by atoms with E-state index in [0.29, 0.717) is 10.2 Å². The van der Waals surface area contributed by atoms with Gasteiger partial charge in [-0.2, -0.15) is 5.10 Å². The molecule has 0 bridgehead atoms. The van der Waals surface area contributed by atoms with Crippen LogP contribution in [0, 0.1) is 27.2 Å². The number of hydrogen-bond acceptors (Lipinski definition) is 7. The maximum Gasteiger partial charge on any atom is 0.360 e. The molecule has 0 unspecified atom stereocenters. The highest BCUT2D eigenvalue weighted by atomic mass is 79.9. The van der Waals surface area contributed by atoms with Crippen LogP contribution in [-0.4, -0.2) is 32.2 Å². The average Bonchev–Trinajstić information content (AvgIpc) is 2.83. The Bertz CT molecular complexity index is 847. The molecule has 2 rings (SSSR count). The summed E-state index contributed by atoms with van der Waals surface area (Å²) < 4.78 is 6.37. The van der Waals surface area contributed by atoms with Gasteiger partial charge in [0.1, 0.15) is 5.69 Å². The number of carbonyl (C=O) groups is 1. The number of nitro benzene ring substituents is 2. The number of nitro groups is 2. The van der Waals surface area contributed by atoms with Crippen LogP contribution in [0.4, 0.5) is 11.4 Å². The summed E-state index contributed by atoms with van der Waals surface area (Å²) in [5.74, 6) is -0.684. The first-order chi connectivity index (χ1) is 11.3. The third kappa shape index (κ3) is 3.11. The Morgan fingerprint density at radius 1 is 1.33 bits per heavy atom. The van der Waals surface area contributed by atoms with Gasteiger partial charge in [0.25, 0.3) is 5.69 Å². The minimum Gasteiger partial charge on any atom is -0.461 e. The van der Waals surface area contributed by atoms with Gasteiger partial charge in [0.05, 0.1) is 32.7 Å². The molecule has 0 amide bonds. The van der Waals surface area contributed by atoms with Gasteiger partial charge in [-0.05, 0) is 35.8 Å². The third-order valence-electron chi connectivity index (χ3n) is 3.11. The minimum atomic E-state index is -0.749. The Morgan fingerprint density at radius 2 is 2.00 bits per heavy atom. The fraction of sp³-hybridized carbons (Fsp3) is 0.231. The molecule has 0 atom stereocenters. The summed E-state index contributed by atoms with van der Waals surface area (Å²) in [6.07, 6.45) is 0. The van der Waals surface area contributed by atoms with E-state index in [1.165, 1.54) is 6.07 Å². The summed E-state index contributed by atoms with van der Waals surface area (Å²) in [5, 5.41) is 26.1. The number of non-ortho nitro benzene ring substituents is 1. The average molecular weight is 399 g/mol. The molecule has 0 saturated carbocycles. The largest absolute Gasteiger partial charge is 0.461 e. The standard InChI is InChI=1S/C13H11BrN4O6/c1-3-24-13(19)12-11(14)7(2)16(15-12)9-5-4-8(17(20)21)6-10(9)18(22)23/h4-6H,3H2,1-2H3. The van der Waals surface area contributed by atoms with E-state index in [-0.39, 0.29) is 18.0 Å². The van der Waals surface area contributed by atoms with Crippen molar-refractivity contribution in [3.8, 4) is 5.69 Å². The van der Waals surface area contributed by atoms with Gasteiger partial charge in [-0.3, -0.25) is 20.2 Å². The van der Waals surface area contributed by atoms with Crippen LogP contribution in [-0.2, 0) is 4.74 Å². The van der Waals surface area contributed by atoms with E-state index < -0.39 is 27.2 Å². The van der Waals surface area contributed by atoms with E-state index in [1.54, 1.807) is 13.8 Å². The molecule has 0 spiro atoms. The van der Waals surface area contributed by atoms with Crippen LogP contribution < -0.4 is 0 Å². The SMILES string of the molecule is CCOC(=O)c1nn(-c2ccc([N+](=O)[O-])cc2[N+](=O)[O-])c(C)c1Br. The zero-order valence-corrected chi connectivity index (χ0v) is 14.1. The number of aromatic nitrogens is 2. The van der Waals surface area contributed by atoms with Gasteiger partial charge in [0.2, 0.25) is 0 Å². The number of halogens is 1. The van der Waals surface area contributed by atoms with Crippen LogP contribution >= 0.6 is 15.9 Å². The molecule has 1 heterocycles. The predicted octanol–water partition coefficient (Wildman–Crippen LogP) is 2.94. The first-order valence-corrected chi connectivity index (χ1v) is 7.42. The summed E-state index contributed by atoms with van der Waals surface area (Å²) in [6, 6.07) is 3.17. The number of nitrogens with zero attached hydrogens (tertiary/aromatic N) is 4. The molecule has 126 valence electrons. The molecule has 0 aliphatic rings. The predicted molar refractivity (Wildman–Crippen MR) is 85.3 cm³/mol. The molecule has 1 aromatic carbocycles. The van der Waals surface area contributed by atoms with Gasteiger partial charge < -0.3 is 4.74 Å². The Morgan fingerprint density at radius 3 is 2.54 bits per heavy atom. The molecular formula is C13H11BrN4O6. The monoisotopic (exact) mass is 398 g/mol. The molecule has 11 heteroatoms. The summed E-state index contributed by atoms with van der Waals surface area (Å²) in [4.78, 5) is 32.4. The first-order valence-electron chi connectivity index (χ1n) is 6.63. The Balaban J connectivity index is 2.64. The van der Waals surface area contributed by atoms with E-state index in [0.717, 1.165) is 16.8 Å². The van der Waals surface area contributed by atoms with Gasteiger partial charge in [-0.25, -0.2) is 9.48 Å². The van der Waals surface area contributed by atoms with E-state index in [4.69, 9.17) is 4.74 Å². The van der Waals surface area contributed by atoms with Crippen LogP contribution in [0.5, 0.6) is 0 Å². The van der Waals surface area contributed by atoms with E-state index in [9.17, 15) is 25.0 Å². The van der Waals surface area contributed by atoms with Gasteiger partial charge >= 0.3 is 11.7 Å². The number of esters is 1. The lowest BCUT2D eigenvalue weighted by atomic mass is 10.2. The fourth-order valence-corrected chi connectivity index (χ4v) is 2.41. The van der Waals surface area contributed by atoms with Gasteiger partial charge in [-0.15, -0.1) is 0 Å². The summed E-state index contributed by atoms with van der Waals surface area (Å²) >= 11 is 3.21. The second-order valence-electron chi connectivity index (χ2n) is 4.57. The highest BCUT2D eigenvalue weighted by Gasteiger charge is 2.26. The van der Waals surface area contributed by atoms with E-state index in [1.807, 2.05) is 0 Å². The molecule has 0 radical (unpaired) electrons. The zero-order chi connectivity index (χ0) is 18.0. The maximum atomic E-state index is 11.9. The molecule has 0 aliphatic carbocycles. The number of carbonyl (C=O) groups excluding carboxylic acids is 1. The second kappa shape index (κ2) is 6.74. The van der Waals surface area contributed by atoms with Crippen LogP contribution in [0.3, 0.4) is 0 Å². The van der Waals surface area contributed by atoms with Crippen molar-refractivity contribution in [3.05, 3.63) is 54.3 Å². The zero-order valence-electron chi connectivity index (χ0n) is 12.6. The lowest BCUT2D eigenvalue weighted by molar-refractivity contribution is -0.394.